The van der Waals surface area contributed by atoms with Gasteiger partial charge in [-0.1, -0.05) is 18.2 Å². The van der Waals surface area contributed by atoms with Gasteiger partial charge in [-0.25, -0.2) is 9.97 Å². The van der Waals surface area contributed by atoms with E-state index in [1.807, 2.05) is 6.92 Å². The molecule has 0 aliphatic heterocycles. The Bertz CT molecular complexity index is 1240. The Morgan fingerprint density at radius 2 is 1.86 bits per heavy atom. The molecule has 9 heteroatoms. The van der Waals surface area contributed by atoms with Crippen molar-refractivity contribution in [3.05, 3.63) is 71.5 Å². The maximum absolute atomic E-state index is 13.1. The van der Waals surface area contributed by atoms with E-state index in [-0.39, 0.29) is 42.1 Å². The zero-order valence-electron chi connectivity index (χ0n) is 19.4. The number of hydrogen-bond acceptors (Lipinski definition) is 6. The summed E-state index contributed by atoms with van der Waals surface area (Å²) < 4.78 is 36.5. The number of Topliss-reactive ketones (excluding diaryl/α,β-unsaturated/α-hetero) is 1. The van der Waals surface area contributed by atoms with Crippen molar-refractivity contribution in [2.24, 2.45) is 5.92 Å². The van der Waals surface area contributed by atoms with Crippen molar-refractivity contribution in [2.45, 2.75) is 45.6 Å². The highest BCUT2D eigenvalue weighted by molar-refractivity contribution is 5.93. The molecule has 4 rings (SSSR count). The number of benzene rings is 2. The number of rotatable bonds is 10. The van der Waals surface area contributed by atoms with Gasteiger partial charge in [-0.3, -0.25) is 9.59 Å². The predicted octanol–water partition coefficient (Wildman–Crippen LogP) is 5.27. The minimum absolute atomic E-state index is 0.0143. The summed E-state index contributed by atoms with van der Waals surface area (Å²) in [7, 11) is 0. The van der Waals surface area contributed by atoms with E-state index in [2.05, 4.69) is 20.0 Å². The number of alkyl halides is 2. The van der Waals surface area contributed by atoms with Crippen LogP contribution in [-0.2, 0) is 22.4 Å². The van der Waals surface area contributed by atoms with E-state index in [0.29, 0.717) is 24.1 Å². The number of nitrogens with zero attached hydrogens (tertiary/aromatic N) is 2. The van der Waals surface area contributed by atoms with Crippen molar-refractivity contribution < 1.29 is 27.8 Å². The van der Waals surface area contributed by atoms with Gasteiger partial charge < -0.3 is 14.8 Å². The lowest BCUT2D eigenvalue weighted by molar-refractivity contribution is -0.159. The normalized spacial score (nSPS) is 13.3. The van der Waals surface area contributed by atoms with Crippen molar-refractivity contribution in [3.8, 4) is 17.4 Å². The van der Waals surface area contributed by atoms with E-state index in [0.717, 1.165) is 24.0 Å². The molecule has 1 aromatic heterocycles. The molecular weight excluding hydrogens is 456 g/mol. The number of hydrogen-bond donors (Lipinski definition) is 1. The van der Waals surface area contributed by atoms with E-state index in [9.17, 15) is 18.4 Å². The molecule has 0 bridgehead atoms. The molecule has 1 fully saturated rings. The molecule has 35 heavy (non-hydrogen) atoms. The van der Waals surface area contributed by atoms with Crippen LogP contribution in [0.2, 0.25) is 0 Å². The summed E-state index contributed by atoms with van der Waals surface area (Å²) in [4.78, 5) is 32.7. The molecule has 1 amide bonds. The van der Waals surface area contributed by atoms with Crippen LogP contribution in [0.5, 0.6) is 17.4 Å². The topological polar surface area (TPSA) is 90.4 Å². The highest BCUT2D eigenvalue weighted by atomic mass is 19.3. The first-order valence-corrected chi connectivity index (χ1v) is 11.2. The molecule has 1 heterocycles. The lowest BCUT2D eigenvalue weighted by Crippen LogP contribution is -2.19. The molecule has 0 unspecified atom stereocenters. The first-order chi connectivity index (χ1) is 16.6. The average molecular weight is 481 g/mol. The molecule has 2 aromatic carbocycles. The van der Waals surface area contributed by atoms with Crippen LogP contribution in [0.25, 0.3) is 0 Å². The van der Waals surface area contributed by atoms with Gasteiger partial charge in [-0.2, -0.15) is 8.78 Å². The van der Waals surface area contributed by atoms with Gasteiger partial charge in [0.1, 0.15) is 29.4 Å². The predicted molar refractivity (Wildman–Crippen MR) is 125 cm³/mol. The van der Waals surface area contributed by atoms with Crippen LogP contribution in [0.15, 0.2) is 54.9 Å². The third kappa shape index (κ3) is 7.30. The van der Waals surface area contributed by atoms with Crippen molar-refractivity contribution in [2.75, 3.05) is 5.32 Å². The van der Waals surface area contributed by atoms with Crippen LogP contribution in [-0.4, -0.2) is 27.8 Å². The van der Waals surface area contributed by atoms with Crippen LogP contribution in [0.3, 0.4) is 0 Å². The zero-order valence-corrected chi connectivity index (χ0v) is 19.4. The summed E-state index contributed by atoms with van der Waals surface area (Å²) >= 11 is 0. The van der Waals surface area contributed by atoms with E-state index >= 15 is 0 Å². The largest absolute Gasteiger partial charge is 0.439 e. The molecule has 7 nitrogen and oxygen atoms in total. The monoisotopic (exact) mass is 481 g/mol. The van der Waals surface area contributed by atoms with E-state index in [1.54, 1.807) is 36.4 Å². The number of carbonyl (C=O) groups is 2. The van der Waals surface area contributed by atoms with Crippen LogP contribution in [0.4, 0.5) is 14.6 Å². The standard InChI is InChI=1S/C26H25F2N3O4/c1-16-10-21(34-24-14-23(29-15-30-24)31-25(33)18-6-7-18)9-8-19(16)13-20(32)11-17-4-3-5-22(12-17)35-26(2,27)28/h3-5,8-10,12,14-15,18H,6-7,11,13H2,1-2H3,(H,29,30,31,33). The second-order valence-electron chi connectivity index (χ2n) is 8.64. The quantitative estimate of drug-likeness (QED) is 0.424. The van der Waals surface area contributed by atoms with E-state index < -0.39 is 6.11 Å². The SMILES string of the molecule is Cc1cc(Oc2cc(NC(=O)C3CC3)ncn2)ccc1CC(=O)Cc1cccc(OC(C)(F)F)c1. The van der Waals surface area contributed by atoms with Crippen LogP contribution >= 0.6 is 0 Å². The van der Waals surface area contributed by atoms with Gasteiger partial charge in [0.15, 0.2) is 0 Å². The number of aromatic nitrogens is 2. The average Bonchev–Trinajstić information content (AvgIpc) is 3.61. The van der Waals surface area contributed by atoms with Crippen LogP contribution in [0.1, 0.15) is 36.5 Å². The number of ether oxygens (including phenoxy) is 2. The summed E-state index contributed by atoms with van der Waals surface area (Å²) in [5.74, 6) is 1.15. The van der Waals surface area contributed by atoms with Gasteiger partial charge in [0.05, 0.1) is 0 Å². The van der Waals surface area contributed by atoms with Crippen molar-refractivity contribution in [3.63, 3.8) is 0 Å². The number of ketones is 1. The maximum atomic E-state index is 13.1. The van der Waals surface area contributed by atoms with Crippen molar-refractivity contribution in [1.82, 2.24) is 9.97 Å². The molecule has 1 aliphatic rings. The summed E-state index contributed by atoms with van der Waals surface area (Å²) in [6.07, 6.45) is 0.104. The number of nitrogens with one attached hydrogen (secondary N) is 1. The molecule has 1 aliphatic carbocycles. The smallest absolute Gasteiger partial charge is 0.394 e. The highest BCUT2D eigenvalue weighted by Gasteiger charge is 2.29. The zero-order chi connectivity index (χ0) is 25.0. The van der Waals surface area contributed by atoms with Gasteiger partial charge in [0.2, 0.25) is 11.8 Å². The Balaban J connectivity index is 1.36. The van der Waals surface area contributed by atoms with Gasteiger partial charge in [0, 0.05) is 31.7 Å². The van der Waals surface area contributed by atoms with Gasteiger partial charge in [-0.15, -0.1) is 0 Å². The molecular formula is C26H25F2N3O4. The number of amides is 1. The van der Waals surface area contributed by atoms with Gasteiger partial charge in [0.25, 0.3) is 0 Å². The molecule has 0 saturated heterocycles. The number of anilines is 1. The third-order valence-electron chi connectivity index (χ3n) is 5.36. The second kappa shape index (κ2) is 10.2. The molecule has 3 aromatic rings. The summed E-state index contributed by atoms with van der Waals surface area (Å²) in [5.41, 5.74) is 2.28. The molecule has 0 atom stereocenters. The van der Waals surface area contributed by atoms with Gasteiger partial charge in [-0.05, 0) is 60.7 Å². The Morgan fingerprint density at radius 3 is 2.57 bits per heavy atom. The number of carbonyl (C=O) groups excluding carboxylic acids is 2. The fourth-order valence-corrected chi connectivity index (χ4v) is 3.52. The fourth-order valence-electron chi connectivity index (χ4n) is 3.52. The number of halogens is 2. The van der Waals surface area contributed by atoms with E-state index in [1.165, 1.54) is 18.5 Å². The third-order valence-corrected chi connectivity index (χ3v) is 5.36. The molecule has 0 spiro atoms. The van der Waals surface area contributed by atoms with Crippen LogP contribution < -0.4 is 14.8 Å². The Kier molecular flexibility index (Phi) is 7.04. The van der Waals surface area contributed by atoms with Crippen molar-refractivity contribution >= 4 is 17.5 Å². The molecule has 1 N–H and O–H groups in total. The Hall–Kier alpha value is -3.88. The summed E-state index contributed by atoms with van der Waals surface area (Å²) in [5, 5.41) is 2.75. The molecule has 0 radical (unpaired) electrons. The van der Waals surface area contributed by atoms with Gasteiger partial charge >= 0.3 is 6.11 Å². The first-order valence-electron chi connectivity index (χ1n) is 11.2. The molecule has 1 saturated carbocycles. The lowest BCUT2D eigenvalue weighted by atomic mass is 9.99. The fraction of sp³-hybridized carbons (Fsp3) is 0.308. The maximum Gasteiger partial charge on any atom is 0.394 e. The molecule has 182 valence electrons. The summed E-state index contributed by atoms with van der Waals surface area (Å²) in [6.45, 7) is 2.53. The Labute approximate surface area is 201 Å². The Morgan fingerprint density at radius 1 is 1.06 bits per heavy atom. The minimum atomic E-state index is -3.29. The van der Waals surface area contributed by atoms with E-state index in [4.69, 9.17) is 4.74 Å². The van der Waals surface area contributed by atoms with Crippen molar-refractivity contribution in [1.29, 1.82) is 0 Å². The second-order valence-corrected chi connectivity index (χ2v) is 8.64. The van der Waals surface area contributed by atoms with Crippen LogP contribution in [0, 0.1) is 12.8 Å². The first kappa shape index (κ1) is 24.3. The minimum Gasteiger partial charge on any atom is -0.439 e. The lowest BCUT2D eigenvalue weighted by Gasteiger charge is -2.13. The summed E-state index contributed by atoms with van der Waals surface area (Å²) in [6, 6.07) is 13.0. The highest BCUT2D eigenvalue weighted by Crippen LogP contribution is 2.30. The number of aryl methyl sites for hydroxylation is 1.